The Morgan fingerprint density at radius 3 is 2.33 bits per heavy atom. The molecule has 2 N–H and O–H groups in total. The monoisotopic (exact) mass is 386 g/mol. The molecule has 130 valence electrons. The molecule has 0 saturated heterocycles. The fourth-order valence-corrected chi connectivity index (χ4v) is 3.98. The minimum atomic E-state index is -3.04. The molecule has 0 spiro atoms. The number of rotatable bonds is 6. The number of nitrogens with one attached hydrogen (secondary N) is 2. The van der Waals surface area contributed by atoms with E-state index < -0.39 is 9.84 Å². The molecule has 0 saturated carbocycles. The number of urea groups is 1. The summed E-state index contributed by atoms with van der Waals surface area (Å²) in [6.45, 7) is 2.25. The van der Waals surface area contributed by atoms with Gasteiger partial charge in [-0.25, -0.2) is 13.2 Å². The highest BCUT2D eigenvalue weighted by Gasteiger charge is 2.11. The predicted octanol–water partition coefficient (Wildman–Crippen LogP) is 3.51. The predicted molar refractivity (Wildman–Crippen MR) is 98.1 cm³/mol. The van der Waals surface area contributed by atoms with Crippen LogP contribution in [0.4, 0.5) is 4.79 Å². The first-order valence-electron chi connectivity index (χ1n) is 7.28. The van der Waals surface area contributed by atoms with Crippen LogP contribution in [0.25, 0.3) is 0 Å². The molecule has 0 aliphatic heterocycles. The Kier molecular flexibility index (Phi) is 6.26. The number of carbonyl (C=O) groups excluding carboxylic acids is 1. The largest absolute Gasteiger partial charge is 0.334 e. The topological polar surface area (TPSA) is 75.3 Å². The highest BCUT2D eigenvalue weighted by atomic mass is 35.5. The third-order valence-corrected chi connectivity index (χ3v) is 5.54. The summed E-state index contributed by atoms with van der Waals surface area (Å²) in [6, 6.07) is 10.4. The first-order chi connectivity index (χ1) is 11.2. The van der Waals surface area contributed by atoms with Gasteiger partial charge in [0, 0.05) is 17.7 Å². The molecule has 2 rings (SSSR count). The molecule has 2 amide bonds. The van der Waals surface area contributed by atoms with Gasteiger partial charge in [-0.2, -0.15) is 0 Å². The van der Waals surface area contributed by atoms with Crippen molar-refractivity contribution in [1.82, 2.24) is 10.6 Å². The first-order valence-corrected chi connectivity index (χ1v) is 10.5. The maximum atomic E-state index is 11.9. The van der Waals surface area contributed by atoms with E-state index in [9.17, 15) is 13.2 Å². The van der Waals surface area contributed by atoms with Crippen LogP contribution in [0.1, 0.15) is 29.0 Å². The number of amides is 2. The smallest absolute Gasteiger partial charge is 0.315 e. The summed E-state index contributed by atoms with van der Waals surface area (Å²) < 4.78 is 23.2. The van der Waals surface area contributed by atoms with E-state index in [0.717, 1.165) is 16.0 Å². The lowest BCUT2D eigenvalue weighted by Gasteiger charge is -2.13. The number of hydrogen-bond donors (Lipinski definition) is 2. The number of hydrogen-bond acceptors (Lipinski definition) is 4. The van der Waals surface area contributed by atoms with Gasteiger partial charge in [0.25, 0.3) is 0 Å². The molecular weight excluding hydrogens is 368 g/mol. The Labute approximate surface area is 151 Å². The van der Waals surface area contributed by atoms with Crippen molar-refractivity contribution in [1.29, 1.82) is 0 Å². The maximum Gasteiger partial charge on any atom is 0.315 e. The van der Waals surface area contributed by atoms with E-state index in [1.807, 2.05) is 25.1 Å². The first kappa shape index (κ1) is 18.8. The molecule has 0 bridgehead atoms. The lowest BCUT2D eigenvalue weighted by molar-refractivity contribution is 0.237. The van der Waals surface area contributed by atoms with Crippen LogP contribution in [0, 0.1) is 0 Å². The van der Waals surface area contributed by atoms with Gasteiger partial charge in [0.15, 0.2) is 9.84 Å². The Balaban J connectivity index is 1.83. The molecule has 0 aliphatic rings. The van der Waals surface area contributed by atoms with Crippen molar-refractivity contribution in [2.75, 3.05) is 6.26 Å². The molecule has 8 heteroatoms. The summed E-state index contributed by atoms with van der Waals surface area (Å²) in [4.78, 5) is 12.9. The van der Waals surface area contributed by atoms with Crippen LogP contribution in [0.5, 0.6) is 0 Å². The van der Waals surface area contributed by atoms with Gasteiger partial charge < -0.3 is 10.6 Å². The lowest BCUT2D eigenvalue weighted by Crippen LogP contribution is -2.36. The number of sulfone groups is 1. The van der Waals surface area contributed by atoms with Gasteiger partial charge in [-0.1, -0.05) is 35.9 Å². The summed E-state index contributed by atoms with van der Waals surface area (Å²) in [5.74, 6) is 0.0160. The third kappa shape index (κ3) is 6.14. The van der Waals surface area contributed by atoms with Gasteiger partial charge in [0.05, 0.1) is 16.1 Å². The third-order valence-electron chi connectivity index (χ3n) is 3.27. The second kappa shape index (κ2) is 8.00. The van der Waals surface area contributed by atoms with E-state index in [1.54, 1.807) is 18.2 Å². The fourth-order valence-electron chi connectivity index (χ4n) is 2.12. The zero-order chi connectivity index (χ0) is 17.7. The SMILES string of the molecule is CC(NC(=O)NCc1ccc(CS(C)(=O)=O)cc1)c1ccc(Cl)s1. The highest BCUT2D eigenvalue weighted by molar-refractivity contribution is 7.89. The lowest BCUT2D eigenvalue weighted by atomic mass is 10.1. The van der Waals surface area contributed by atoms with Crippen molar-refractivity contribution < 1.29 is 13.2 Å². The Hall–Kier alpha value is -1.57. The van der Waals surface area contributed by atoms with Gasteiger partial charge in [-0.15, -0.1) is 11.3 Å². The molecule has 1 atom stereocenters. The van der Waals surface area contributed by atoms with E-state index in [4.69, 9.17) is 11.6 Å². The van der Waals surface area contributed by atoms with Gasteiger partial charge in [-0.05, 0) is 30.2 Å². The minimum absolute atomic E-state index is 0.0160. The summed E-state index contributed by atoms with van der Waals surface area (Å²) in [7, 11) is -3.04. The standard InChI is InChI=1S/C16H19ClN2O3S2/c1-11(14-7-8-15(17)23-14)19-16(20)18-9-12-3-5-13(6-4-12)10-24(2,21)22/h3-8,11H,9-10H2,1-2H3,(H2,18,19,20). The van der Waals surface area contributed by atoms with Gasteiger partial charge >= 0.3 is 6.03 Å². The molecule has 0 radical (unpaired) electrons. The van der Waals surface area contributed by atoms with Gasteiger partial charge in [0.1, 0.15) is 0 Å². The van der Waals surface area contributed by atoms with E-state index in [2.05, 4.69) is 10.6 Å². The minimum Gasteiger partial charge on any atom is -0.334 e. The Morgan fingerprint density at radius 2 is 1.79 bits per heavy atom. The van der Waals surface area contributed by atoms with Gasteiger partial charge in [0.2, 0.25) is 0 Å². The van der Waals surface area contributed by atoms with Crippen molar-refractivity contribution in [3.63, 3.8) is 0 Å². The molecule has 5 nitrogen and oxygen atoms in total. The average molecular weight is 387 g/mol. The van der Waals surface area contributed by atoms with Crippen molar-refractivity contribution in [2.45, 2.75) is 25.3 Å². The molecule has 1 heterocycles. The zero-order valence-corrected chi connectivity index (χ0v) is 15.8. The summed E-state index contributed by atoms with van der Waals surface area (Å²) >= 11 is 7.32. The maximum absolute atomic E-state index is 11.9. The molecule has 1 aromatic carbocycles. The van der Waals surface area contributed by atoms with E-state index in [1.165, 1.54) is 17.6 Å². The quantitative estimate of drug-likeness (QED) is 0.797. The van der Waals surface area contributed by atoms with Crippen LogP contribution in [0.2, 0.25) is 4.34 Å². The summed E-state index contributed by atoms with van der Waals surface area (Å²) in [5, 5.41) is 5.62. The van der Waals surface area contributed by atoms with E-state index in [0.29, 0.717) is 10.9 Å². The van der Waals surface area contributed by atoms with Crippen molar-refractivity contribution in [3.8, 4) is 0 Å². The van der Waals surface area contributed by atoms with E-state index >= 15 is 0 Å². The Bertz CT molecular complexity index is 801. The normalized spacial score (nSPS) is 12.6. The number of benzene rings is 1. The van der Waals surface area contributed by atoms with Crippen LogP contribution in [-0.4, -0.2) is 20.7 Å². The van der Waals surface area contributed by atoms with Crippen LogP contribution < -0.4 is 10.6 Å². The van der Waals surface area contributed by atoms with Crippen molar-refractivity contribution >= 4 is 38.8 Å². The van der Waals surface area contributed by atoms with Gasteiger partial charge in [-0.3, -0.25) is 0 Å². The molecular formula is C16H19ClN2O3S2. The number of thiophene rings is 1. The molecule has 0 aliphatic carbocycles. The number of carbonyl (C=O) groups is 1. The van der Waals surface area contributed by atoms with E-state index in [-0.39, 0.29) is 17.8 Å². The molecule has 1 unspecified atom stereocenters. The van der Waals surface area contributed by atoms with Crippen LogP contribution in [-0.2, 0) is 22.1 Å². The van der Waals surface area contributed by atoms with Crippen LogP contribution >= 0.6 is 22.9 Å². The summed E-state index contributed by atoms with van der Waals surface area (Å²) in [5.41, 5.74) is 1.63. The Morgan fingerprint density at radius 1 is 1.17 bits per heavy atom. The second-order valence-corrected chi connectivity index (χ2v) is 9.46. The molecule has 24 heavy (non-hydrogen) atoms. The fraction of sp³-hybridized carbons (Fsp3) is 0.312. The number of halogens is 1. The average Bonchev–Trinajstić information content (AvgIpc) is 2.92. The molecule has 1 aromatic heterocycles. The summed E-state index contributed by atoms with van der Waals surface area (Å²) in [6.07, 6.45) is 1.20. The second-order valence-electron chi connectivity index (χ2n) is 5.58. The van der Waals surface area contributed by atoms with Crippen molar-refractivity contribution in [2.24, 2.45) is 0 Å². The molecule has 2 aromatic rings. The highest BCUT2D eigenvalue weighted by Crippen LogP contribution is 2.26. The van der Waals surface area contributed by atoms with Crippen LogP contribution in [0.3, 0.4) is 0 Å². The van der Waals surface area contributed by atoms with Crippen molar-refractivity contribution in [3.05, 3.63) is 56.7 Å². The zero-order valence-electron chi connectivity index (χ0n) is 13.4. The molecule has 0 fully saturated rings. The van der Waals surface area contributed by atoms with Crippen LogP contribution in [0.15, 0.2) is 36.4 Å².